The van der Waals surface area contributed by atoms with Crippen molar-refractivity contribution >= 4 is 27.2 Å². The molecule has 0 fully saturated rings. The van der Waals surface area contributed by atoms with E-state index in [9.17, 15) is 0 Å². The molecule has 3 rings (SSSR count). The summed E-state index contributed by atoms with van der Waals surface area (Å²) in [5, 5.41) is 0.615. The molecule has 2 N–H and O–H groups in total. The molecule has 0 radical (unpaired) electrons. The van der Waals surface area contributed by atoms with Crippen LogP contribution in [-0.2, 0) is 0 Å². The minimum absolute atomic E-state index is 0.615. The Hall–Kier alpha value is -2.07. The minimum Gasteiger partial charge on any atom is -0.429 e. The molecule has 0 amide bonds. The number of anilines is 1. The Morgan fingerprint density at radius 2 is 1.76 bits per heavy atom. The molecule has 2 aromatic carbocycles. The number of thiazole rings is 1. The Balaban J connectivity index is 1.98. The third kappa shape index (κ3) is 1.94. The molecular formula is C13H10N2OS. The molecule has 0 spiro atoms. The first-order valence-corrected chi connectivity index (χ1v) is 6.02. The van der Waals surface area contributed by atoms with Gasteiger partial charge in [0.05, 0.1) is 15.9 Å². The first kappa shape index (κ1) is 10.1. The topological polar surface area (TPSA) is 48.1 Å². The zero-order valence-electron chi connectivity index (χ0n) is 8.96. The molecule has 3 aromatic rings. The van der Waals surface area contributed by atoms with Crippen molar-refractivity contribution in [2.24, 2.45) is 0 Å². The highest BCUT2D eigenvalue weighted by atomic mass is 32.1. The average molecular weight is 242 g/mol. The van der Waals surface area contributed by atoms with Crippen LogP contribution in [0, 0.1) is 0 Å². The average Bonchev–Trinajstić information content (AvgIpc) is 2.74. The van der Waals surface area contributed by atoms with Gasteiger partial charge in [-0.3, -0.25) is 0 Å². The van der Waals surface area contributed by atoms with Crippen molar-refractivity contribution in [1.29, 1.82) is 0 Å². The first-order valence-electron chi connectivity index (χ1n) is 5.21. The number of aromatic nitrogens is 1. The molecule has 0 bridgehead atoms. The summed E-state index contributed by atoms with van der Waals surface area (Å²) in [6.45, 7) is 0. The molecular weight excluding hydrogens is 232 g/mol. The Morgan fingerprint density at radius 3 is 2.59 bits per heavy atom. The summed E-state index contributed by atoms with van der Waals surface area (Å²) in [5.41, 5.74) is 7.38. The van der Waals surface area contributed by atoms with Gasteiger partial charge in [0.1, 0.15) is 0 Å². The zero-order chi connectivity index (χ0) is 11.7. The number of rotatable bonds is 2. The van der Waals surface area contributed by atoms with Crippen molar-refractivity contribution in [2.75, 3.05) is 5.73 Å². The number of benzene rings is 2. The molecule has 84 valence electrons. The summed E-state index contributed by atoms with van der Waals surface area (Å²) in [6, 6.07) is 15.3. The van der Waals surface area contributed by atoms with Crippen LogP contribution in [0.5, 0.6) is 10.9 Å². The first-order chi connectivity index (χ1) is 8.33. The van der Waals surface area contributed by atoms with Crippen LogP contribution in [0.2, 0.25) is 0 Å². The lowest BCUT2D eigenvalue weighted by molar-refractivity contribution is 0.482. The van der Waals surface area contributed by atoms with E-state index in [1.54, 1.807) is 0 Å². The molecule has 0 saturated carbocycles. The molecule has 17 heavy (non-hydrogen) atoms. The van der Waals surface area contributed by atoms with E-state index in [-0.39, 0.29) is 0 Å². The van der Waals surface area contributed by atoms with Crippen molar-refractivity contribution in [3.63, 3.8) is 0 Å². The predicted octanol–water partition coefficient (Wildman–Crippen LogP) is 3.67. The van der Waals surface area contributed by atoms with E-state index < -0.39 is 0 Å². The SMILES string of the molecule is Nc1ccccc1Oc1nc2ccccc2s1. The number of nitrogens with two attached hydrogens (primary N) is 1. The van der Waals surface area contributed by atoms with Gasteiger partial charge in [0.15, 0.2) is 5.75 Å². The van der Waals surface area contributed by atoms with E-state index in [1.165, 1.54) is 11.3 Å². The second kappa shape index (κ2) is 4.07. The highest BCUT2D eigenvalue weighted by Crippen LogP contribution is 2.33. The summed E-state index contributed by atoms with van der Waals surface area (Å²) < 4.78 is 6.78. The van der Waals surface area contributed by atoms with Crippen molar-refractivity contribution in [2.45, 2.75) is 0 Å². The largest absolute Gasteiger partial charge is 0.429 e. The number of nitrogens with zero attached hydrogens (tertiary/aromatic N) is 1. The molecule has 0 saturated heterocycles. The summed E-state index contributed by atoms with van der Waals surface area (Å²) in [5.74, 6) is 0.645. The highest BCUT2D eigenvalue weighted by Gasteiger charge is 2.06. The van der Waals surface area contributed by atoms with Crippen molar-refractivity contribution in [1.82, 2.24) is 4.98 Å². The van der Waals surface area contributed by atoms with Crippen LogP contribution >= 0.6 is 11.3 Å². The lowest BCUT2D eigenvalue weighted by Gasteiger charge is -2.03. The van der Waals surface area contributed by atoms with Gasteiger partial charge in [-0.1, -0.05) is 35.6 Å². The maximum atomic E-state index is 5.81. The van der Waals surface area contributed by atoms with Gasteiger partial charge in [-0.25, -0.2) is 4.98 Å². The summed E-state index contributed by atoms with van der Waals surface area (Å²) in [6.07, 6.45) is 0. The number of ether oxygens (including phenoxy) is 1. The maximum Gasteiger partial charge on any atom is 0.279 e. The molecule has 3 nitrogen and oxygen atoms in total. The van der Waals surface area contributed by atoms with Crippen LogP contribution in [0.4, 0.5) is 5.69 Å². The molecule has 0 aliphatic heterocycles. The van der Waals surface area contributed by atoms with Crippen LogP contribution in [0.3, 0.4) is 0 Å². The maximum absolute atomic E-state index is 5.81. The van der Waals surface area contributed by atoms with Crippen LogP contribution in [0.1, 0.15) is 0 Å². The van der Waals surface area contributed by atoms with E-state index in [2.05, 4.69) is 4.98 Å². The summed E-state index contributed by atoms with van der Waals surface area (Å²) >= 11 is 1.51. The number of para-hydroxylation sites is 3. The number of nitrogen functional groups attached to an aromatic ring is 1. The second-order valence-electron chi connectivity index (χ2n) is 3.59. The molecule has 1 aromatic heterocycles. The van der Waals surface area contributed by atoms with Gasteiger partial charge in [-0.2, -0.15) is 0 Å². The Bertz CT molecular complexity index is 630. The lowest BCUT2D eigenvalue weighted by Crippen LogP contribution is -1.90. The van der Waals surface area contributed by atoms with Crippen molar-refractivity contribution < 1.29 is 4.74 Å². The van der Waals surface area contributed by atoms with Gasteiger partial charge in [-0.05, 0) is 24.3 Å². The fraction of sp³-hybridized carbons (Fsp3) is 0. The summed E-state index contributed by atoms with van der Waals surface area (Å²) in [7, 11) is 0. The summed E-state index contributed by atoms with van der Waals surface area (Å²) in [4.78, 5) is 4.39. The highest BCUT2D eigenvalue weighted by molar-refractivity contribution is 7.20. The van der Waals surface area contributed by atoms with Crippen molar-refractivity contribution in [3.8, 4) is 10.9 Å². The number of hydrogen-bond donors (Lipinski definition) is 1. The third-order valence-electron chi connectivity index (χ3n) is 2.39. The zero-order valence-corrected chi connectivity index (χ0v) is 9.78. The Morgan fingerprint density at radius 1 is 1.00 bits per heavy atom. The normalized spacial score (nSPS) is 10.6. The van der Waals surface area contributed by atoms with Gasteiger partial charge < -0.3 is 10.5 Å². The second-order valence-corrected chi connectivity index (χ2v) is 4.58. The molecule has 0 aliphatic rings. The number of hydrogen-bond acceptors (Lipinski definition) is 4. The van der Waals surface area contributed by atoms with Gasteiger partial charge >= 0.3 is 0 Å². The van der Waals surface area contributed by atoms with E-state index in [4.69, 9.17) is 10.5 Å². The van der Waals surface area contributed by atoms with Crippen LogP contribution in [-0.4, -0.2) is 4.98 Å². The molecule has 0 atom stereocenters. The number of fused-ring (bicyclic) bond motifs is 1. The quantitative estimate of drug-likeness (QED) is 0.697. The standard InChI is InChI=1S/C13H10N2OS/c14-9-5-1-3-7-11(9)16-13-15-10-6-2-4-8-12(10)17-13/h1-8H,14H2. The predicted molar refractivity (Wildman–Crippen MR) is 70.5 cm³/mol. The molecule has 1 heterocycles. The fourth-order valence-corrected chi connectivity index (χ4v) is 2.39. The Kier molecular flexibility index (Phi) is 2.42. The minimum atomic E-state index is 0.615. The van der Waals surface area contributed by atoms with E-state index in [1.807, 2.05) is 48.5 Å². The van der Waals surface area contributed by atoms with Crippen molar-refractivity contribution in [3.05, 3.63) is 48.5 Å². The smallest absolute Gasteiger partial charge is 0.279 e. The van der Waals surface area contributed by atoms with Gasteiger partial charge in [-0.15, -0.1) is 0 Å². The van der Waals surface area contributed by atoms with E-state index >= 15 is 0 Å². The third-order valence-corrected chi connectivity index (χ3v) is 3.30. The van der Waals surface area contributed by atoms with Crippen LogP contribution in [0.25, 0.3) is 10.2 Å². The van der Waals surface area contributed by atoms with Crippen LogP contribution in [0.15, 0.2) is 48.5 Å². The monoisotopic (exact) mass is 242 g/mol. The van der Waals surface area contributed by atoms with E-state index in [0.29, 0.717) is 16.6 Å². The van der Waals surface area contributed by atoms with Crippen LogP contribution < -0.4 is 10.5 Å². The molecule has 4 heteroatoms. The van der Waals surface area contributed by atoms with E-state index in [0.717, 1.165) is 10.2 Å². The molecule has 0 unspecified atom stereocenters. The Labute approximate surface area is 102 Å². The molecule has 0 aliphatic carbocycles. The van der Waals surface area contributed by atoms with Gasteiger partial charge in [0.25, 0.3) is 5.19 Å². The lowest BCUT2D eigenvalue weighted by atomic mass is 10.3. The van der Waals surface area contributed by atoms with Gasteiger partial charge in [0.2, 0.25) is 0 Å². The fourth-order valence-electron chi connectivity index (χ4n) is 1.56. The van der Waals surface area contributed by atoms with Gasteiger partial charge in [0, 0.05) is 0 Å².